The van der Waals surface area contributed by atoms with Crippen molar-refractivity contribution < 1.29 is 19.1 Å². The van der Waals surface area contributed by atoms with Crippen molar-refractivity contribution in [3.05, 3.63) is 23.4 Å². The van der Waals surface area contributed by atoms with Crippen LogP contribution in [0.2, 0.25) is 0 Å². The van der Waals surface area contributed by atoms with Gasteiger partial charge in [-0.1, -0.05) is 13.5 Å². The SMILES string of the molecule is C=C(C)C(=O)OC(C)OC(=O)C(CC)=C(C)N. The van der Waals surface area contributed by atoms with Gasteiger partial charge in [-0.3, -0.25) is 0 Å². The molecule has 0 aromatic rings. The molecule has 5 heteroatoms. The van der Waals surface area contributed by atoms with Gasteiger partial charge >= 0.3 is 11.9 Å². The molecule has 17 heavy (non-hydrogen) atoms. The number of hydrogen-bond acceptors (Lipinski definition) is 5. The van der Waals surface area contributed by atoms with E-state index in [4.69, 9.17) is 15.2 Å². The molecule has 96 valence electrons. The van der Waals surface area contributed by atoms with E-state index in [0.717, 1.165) is 0 Å². The molecular weight excluding hydrogens is 222 g/mol. The number of allylic oxidation sites excluding steroid dienone is 1. The molecule has 0 rings (SSSR count). The highest BCUT2D eigenvalue weighted by atomic mass is 16.7. The van der Waals surface area contributed by atoms with E-state index in [1.165, 1.54) is 13.8 Å². The maximum Gasteiger partial charge on any atom is 0.338 e. The highest BCUT2D eigenvalue weighted by Crippen LogP contribution is 2.09. The van der Waals surface area contributed by atoms with E-state index >= 15 is 0 Å². The smallest absolute Gasteiger partial charge is 0.338 e. The third kappa shape index (κ3) is 5.19. The first-order valence-corrected chi connectivity index (χ1v) is 5.32. The molecule has 0 aliphatic rings. The lowest BCUT2D eigenvalue weighted by Crippen LogP contribution is -2.23. The topological polar surface area (TPSA) is 78.6 Å². The summed E-state index contributed by atoms with van der Waals surface area (Å²) in [6.45, 7) is 9.80. The van der Waals surface area contributed by atoms with Gasteiger partial charge in [0.15, 0.2) is 0 Å². The highest BCUT2D eigenvalue weighted by Gasteiger charge is 2.17. The van der Waals surface area contributed by atoms with E-state index in [1.54, 1.807) is 13.8 Å². The maximum atomic E-state index is 11.6. The van der Waals surface area contributed by atoms with Crippen LogP contribution >= 0.6 is 0 Å². The maximum absolute atomic E-state index is 11.6. The Balaban J connectivity index is 4.45. The Bertz CT molecular complexity index is 354. The number of rotatable bonds is 5. The molecule has 0 spiro atoms. The average Bonchev–Trinajstić information content (AvgIpc) is 2.16. The highest BCUT2D eigenvalue weighted by molar-refractivity contribution is 5.89. The van der Waals surface area contributed by atoms with Gasteiger partial charge in [-0.05, 0) is 20.3 Å². The fourth-order valence-corrected chi connectivity index (χ4v) is 1.08. The van der Waals surface area contributed by atoms with Crippen LogP contribution in [-0.4, -0.2) is 18.2 Å². The summed E-state index contributed by atoms with van der Waals surface area (Å²) in [5.74, 6) is -1.17. The van der Waals surface area contributed by atoms with Crippen molar-refractivity contribution in [3.8, 4) is 0 Å². The van der Waals surface area contributed by atoms with E-state index in [0.29, 0.717) is 17.7 Å². The number of esters is 2. The quantitative estimate of drug-likeness (QED) is 0.449. The fraction of sp³-hybridized carbons (Fsp3) is 0.500. The zero-order valence-electron chi connectivity index (χ0n) is 10.7. The second-order valence-electron chi connectivity index (χ2n) is 3.67. The van der Waals surface area contributed by atoms with Crippen LogP contribution in [-0.2, 0) is 19.1 Å². The van der Waals surface area contributed by atoms with E-state index < -0.39 is 18.2 Å². The van der Waals surface area contributed by atoms with Gasteiger partial charge in [0.2, 0.25) is 6.29 Å². The average molecular weight is 241 g/mol. The molecule has 0 heterocycles. The Morgan fingerprint density at radius 1 is 1.24 bits per heavy atom. The van der Waals surface area contributed by atoms with Gasteiger partial charge < -0.3 is 15.2 Å². The Labute approximate surface area is 101 Å². The Hall–Kier alpha value is -1.78. The number of nitrogens with two attached hydrogens (primary N) is 1. The van der Waals surface area contributed by atoms with Crippen LogP contribution in [0.5, 0.6) is 0 Å². The van der Waals surface area contributed by atoms with Gasteiger partial charge in [0, 0.05) is 18.2 Å². The predicted molar refractivity (Wildman–Crippen MR) is 63.6 cm³/mol. The number of hydrogen-bond donors (Lipinski definition) is 1. The molecule has 0 radical (unpaired) electrons. The number of ether oxygens (including phenoxy) is 2. The Morgan fingerprint density at radius 2 is 1.71 bits per heavy atom. The lowest BCUT2D eigenvalue weighted by atomic mass is 10.2. The normalized spacial score (nSPS) is 13.4. The molecular formula is C12H19NO4. The first kappa shape index (κ1) is 15.2. The van der Waals surface area contributed by atoms with Gasteiger partial charge in [0.05, 0.1) is 5.57 Å². The van der Waals surface area contributed by atoms with Gasteiger partial charge in [-0.2, -0.15) is 0 Å². The summed E-state index contributed by atoms with van der Waals surface area (Å²) in [7, 11) is 0. The molecule has 0 fully saturated rings. The lowest BCUT2D eigenvalue weighted by molar-refractivity contribution is -0.178. The van der Waals surface area contributed by atoms with E-state index in [2.05, 4.69) is 6.58 Å². The van der Waals surface area contributed by atoms with Crippen LogP contribution < -0.4 is 5.73 Å². The monoisotopic (exact) mass is 241 g/mol. The molecule has 2 N–H and O–H groups in total. The molecule has 0 amide bonds. The molecule has 1 atom stereocenters. The summed E-state index contributed by atoms with van der Waals surface area (Å²) < 4.78 is 9.74. The second kappa shape index (κ2) is 6.73. The van der Waals surface area contributed by atoms with Crippen LogP contribution in [0.3, 0.4) is 0 Å². The van der Waals surface area contributed by atoms with Crippen LogP contribution in [0.4, 0.5) is 0 Å². The van der Waals surface area contributed by atoms with Gasteiger partial charge in [-0.25, -0.2) is 9.59 Å². The standard InChI is InChI=1S/C12H19NO4/c1-6-10(8(4)13)12(15)17-9(5)16-11(14)7(2)3/h9H,2,6,13H2,1,3-5H3. The van der Waals surface area contributed by atoms with E-state index in [1.807, 2.05) is 0 Å². The molecule has 5 nitrogen and oxygen atoms in total. The molecule has 1 unspecified atom stereocenters. The molecule has 0 aromatic carbocycles. The minimum atomic E-state index is -0.965. The van der Waals surface area contributed by atoms with Crippen LogP contribution in [0.1, 0.15) is 34.1 Å². The summed E-state index contributed by atoms with van der Waals surface area (Å²) in [6, 6.07) is 0. The van der Waals surface area contributed by atoms with Gasteiger partial charge in [0.25, 0.3) is 0 Å². The molecule has 0 aliphatic heterocycles. The summed E-state index contributed by atoms with van der Waals surface area (Å²) in [4.78, 5) is 22.8. The van der Waals surface area contributed by atoms with Gasteiger partial charge in [0.1, 0.15) is 0 Å². The molecule has 0 bridgehead atoms. The first-order valence-electron chi connectivity index (χ1n) is 5.32. The predicted octanol–water partition coefficient (Wildman–Crippen LogP) is 1.64. The molecule has 0 saturated heterocycles. The Morgan fingerprint density at radius 3 is 2.06 bits per heavy atom. The molecule has 0 saturated carbocycles. The summed E-state index contributed by atoms with van der Waals surface area (Å²) in [6.07, 6.45) is -0.505. The number of carbonyl (C=O) groups excluding carboxylic acids is 2. The number of carbonyl (C=O) groups is 2. The lowest BCUT2D eigenvalue weighted by Gasteiger charge is -2.15. The third-order valence-electron chi connectivity index (χ3n) is 1.97. The Kier molecular flexibility index (Phi) is 6.02. The van der Waals surface area contributed by atoms with Crippen molar-refractivity contribution >= 4 is 11.9 Å². The van der Waals surface area contributed by atoms with Crippen LogP contribution in [0.15, 0.2) is 23.4 Å². The van der Waals surface area contributed by atoms with Crippen molar-refractivity contribution in [2.75, 3.05) is 0 Å². The van der Waals surface area contributed by atoms with Crippen molar-refractivity contribution in [2.45, 2.75) is 40.4 Å². The van der Waals surface area contributed by atoms with Crippen molar-refractivity contribution in [1.29, 1.82) is 0 Å². The zero-order valence-corrected chi connectivity index (χ0v) is 10.7. The zero-order chi connectivity index (χ0) is 13.6. The summed E-state index contributed by atoms with van der Waals surface area (Å²) in [5.41, 5.74) is 6.55. The second-order valence-corrected chi connectivity index (χ2v) is 3.67. The minimum Gasteiger partial charge on any atom is -0.422 e. The molecule has 0 aromatic heterocycles. The van der Waals surface area contributed by atoms with Crippen molar-refractivity contribution in [3.63, 3.8) is 0 Å². The molecule has 0 aliphatic carbocycles. The van der Waals surface area contributed by atoms with Gasteiger partial charge in [-0.15, -0.1) is 0 Å². The van der Waals surface area contributed by atoms with Crippen LogP contribution in [0, 0.1) is 0 Å². The van der Waals surface area contributed by atoms with Crippen molar-refractivity contribution in [2.24, 2.45) is 5.73 Å². The summed E-state index contributed by atoms with van der Waals surface area (Å²) >= 11 is 0. The van der Waals surface area contributed by atoms with E-state index in [-0.39, 0.29) is 5.57 Å². The third-order valence-corrected chi connectivity index (χ3v) is 1.97. The largest absolute Gasteiger partial charge is 0.422 e. The fourth-order valence-electron chi connectivity index (χ4n) is 1.08. The van der Waals surface area contributed by atoms with Crippen LogP contribution in [0.25, 0.3) is 0 Å². The minimum absolute atomic E-state index is 0.245. The first-order chi connectivity index (χ1) is 7.79. The van der Waals surface area contributed by atoms with E-state index in [9.17, 15) is 9.59 Å². The summed E-state index contributed by atoms with van der Waals surface area (Å²) in [5, 5.41) is 0. The van der Waals surface area contributed by atoms with Crippen molar-refractivity contribution in [1.82, 2.24) is 0 Å².